The van der Waals surface area contributed by atoms with E-state index in [0.717, 1.165) is 0 Å². The normalized spacial score (nSPS) is 14.1. The highest BCUT2D eigenvalue weighted by molar-refractivity contribution is 7.87. The molecule has 0 saturated heterocycles. The number of benzene rings is 1. The second-order valence-electron chi connectivity index (χ2n) is 9.07. The molecule has 1 rings (SSSR count). The molecule has 0 aliphatic rings. The lowest BCUT2D eigenvalue weighted by Crippen LogP contribution is -2.33. The third-order valence-corrected chi connectivity index (χ3v) is 7.37. The van der Waals surface area contributed by atoms with E-state index in [-0.39, 0.29) is 31.7 Å². The van der Waals surface area contributed by atoms with Crippen molar-refractivity contribution in [1.29, 1.82) is 0 Å². The van der Waals surface area contributed by atoms with Gasteiger partial charge in [0.2, 0.25) is 0 Å². The van der Waals surface area contributed by atoms with Gasteiger partial charge >= 0.3 is 22.2 Å². The van der Waals surface area contributed by atoms with E-state index in [2.05, 4.69) is 5.32 Å². The molecule has 0 heterocycles. The maximum Gasteiger partial charge on any atom is 0.407 e. The van der Waals surface area contributed by atoms with Crippen LogP contribution < -0.4 is 9.50 Å². The standard InChI is InChI=1S/C22H35NO10S2/c1-17(20(24)25)15-18(2)32-21(26)23-12-11-22(3,4)16-31-34(27,28)13-8-14-35(29,30)33-19-9-6-5-7-10-19/h5-7,9-10,17-18H,8,11-16H2,1-4H3,(H,23,26)(H,24,25). The molecule has 0 aromatic heterocycles. The molecule has 11 nitrogen and oxygen atoms in total. The Morgan fingerprint density at radius 3 is 2.23 bits per heavy atom. The molecule has 1 aromatic carbocycles. The van der Waals surface area contributed by atoms with E-state index >= 15 is 0 Å². The zero-order valence-corrected chi connectivity index (χ0v) is 22.1. The lowest BCUT2D eigenvalue weighted by Gasteiger charge is -2.24. The second-order valence-corrected chi connectivity index (χ2v) is 12.5. The van der Waals surface area contributed by atoms with Crippen molar-refractivity contribution in [2.45, 2.75) is 53.1 Å². The quantitative estimate of drug-likeness (QED) is 0.300. The number of hydrogen-bond acceptors (Lipinski definition) is 9. The molecule has 0 radical (unpaired) electrons. The molecule has 35 heavy (non-hydrogen) atoms. The number of carbonyl (C=O) groups excluding carboxylic acids is 1. The van der Waals surface area contributed by atoms with Crippen molar-refractivity contribution < 1.29 is 44.6 Å². The molecule has 200 valence electrons. The van der Waals surface area contributed by atoms with Crippen LogP contribution in [0.5, 0.6) is 5.75 Å². The first-order valence-electron chi connectivity index (χ1n) is 11.1. The molecule has 0 fully saturated rings. The molecule has 2 N–H and O–H groups in total. The van der Waals surface area contributed by atoms with Crippen molar-refractivity contribution >= 4 is 32.3 Å². The Hall–Kier alpha value is -2.38. The Bertz CT molecular complexity index is 1020. The molecule has 13 heteroatoms. The Morgan fingerprint density at radius 2 is 1.63 bits per heavy atom. The van der Waals surface area contributed by atoms with Gasteiger partial charge in [0.15, 0.2) is 0 Å². The van der Waals surface area contributed by atoms with Gasteiger partial charge in [-0.3, -0.25) is 8.98 Å². The maximum atomic E-state index is 12.2. The first kappa shape index (κ1) is 30.7. The minimum atomic E-state index is -3.97. The number of rotatable bonds is 16. The van der Waals surface area contributed by atoms with Crippen molar-refractivity contribution in [3.63, 3.8) is 0 Å². The Balaban J connectivity index is 2.35. The number of ether oxygens (including phenoxy) is 1. The summed E-state index contributed by atoms with van der Waals surface area (Å²) in [5.41, 5.74) is -0.619. The lowest BCUT2D eigenvalue weighted by atomic mass is 9.91. The number of hydrogen-bond donors (Lipinski definition) is 2. The lowest BCUT2D eigenvalue weighted by molar-refractivity contribution is -0.142. The number of carboxylic acids is 1. The topological polar surface area (TPSA) is 162 Å². The van der Waals surface area contributed by atoms with Gasteiger partial charge in [-0.1, -0.05) is 39.0 Å². The molecule has 1 amide bonds. The molecule has 0 bridgehead atoms. The van der Waals surface area contributed by atoms with E-state index in [1.807, 2.05) is 0 Å². The van der Waals surface area contributed by atoms with Crippen molar-refractivity contribution in [2.24, 2.45) is 11.3 Å². The SMILES string of the molecule is CC(CC(C)C(=O)O)OC(=O)NCCC(C)(C)COS(=O)(=O)CCCS(=O)(=O)Oc1ccccc1. The van der Waals surface area contributed by atoms with Gasteiger partial charge in [-0.05, 0) is 43.7 Å². The molecule has 2 unspecified atom stereocenters. The summed E-state index contributed by atoms with van der Waals surface area (Å²) in [5.74, 6) is -2.44. The number of nitrogens with one attached hydrogen (secondary N) is 1. The van der Waals surface area contributed by atoms with Crippen molar-refractivity contribution in [3.05, 3.63) is 30.3 Å². The fourth-order valence-electron chi connectivity index (χ4n) is 2.83. The minimum absolute atomic E-state index is 0.148. The number of alkyl carbamates (subject to hydrolysis) is 1. The number of para-hydroxylation sites is 1. The van der Waals surface area contributed by atoms with Crippen LogP contribution in [0, 0.1) is 11.3 Å². The van der Waals surface area contributed by atoms with E-state index in [1.54, 1.807) is 39.0 Å². The molecule has 0 aliphatic heterocycles. The minimum Gasteiger partial charge on any atom is -0.481 e. The van der Waals surface area contributed by atoms with Crippen molar-refractivity contribution in [2.75, 3.05) is 24.7 Å². The van der Waals surface area contributed by atoms with Crippen LogP contribution in [0.25, 0.3) is 0 Å². The monoisotopic (exact) mass is 537 g/mol. The number of carboxylic acid groups (broad SMARTS) is 1. The van der Waals surface area contributed by atoms with E-state index in [4.69, 9.17) is 18.2 Å². The van der Waals surface area contributed by atoms with Crippen molar-refractivity contribution in [1.82, 2.24) is 5.32 Å². The predicted molar refractivity (Wildman–Crippen MR) is 129 cm³/mol. The number of amides is 1. The van der Waals surface area contributed by atoms with Crippen LogP contribution in [0.15, 0.2) is 30.3 Å². The van der Waals surface area contributed by atoms with Crippen LogP contribution in [-0.2, 0) is 34.0 Å². The maximum absolute atomic E-state index is 12.2. The van der Waals surface area contributed by atoms with Gasteiger partial charge in [0.1, 0.15) is 11.9 Å². The summed E-state index contributed by atoms with van der Waals surface area (Å²) in [4.78, 5) is 22.7. The molecular weight excluding hydrogens is 502 g/mol. The fourth-order valence-corrected chi connectivity index (χ4v) is 5.11. The zero-order chi connectivity index (χ0) is 26.7. The van der Waals surface area contributed by atoms with Crippen LogP contribution in [-0.4, -0.2) is 64.8 Å². The first-order valence-corrected chi connectivity index (χ1v) is 14.3. The smallest absolute Gasteiger partial charge is 0.407 e. The third-order valence-electron chi connectivity index (χ3n) is 4.87. The summed E-state index contributed by atoms with van der Waals surface area (Å²) >= 11 is 0. The second kappa shape index (κ2) is 13.6. The summed E-state index contributed by atoms with van der Waals surface area (Å²) in [5, 5.41) is 11.4. The Labute approximate surface area is 207 Å². The zero-order valence-electron chi connectivity index (χ0n) is 20.4. The average molecular weight is 538 g/mol. The van der Waals surface area contributed by atoms with Crippen LogP contribution in [0.2, 0.25) is 0 Å². The highest BCUT2D eigenvalue weighted by Crippen LogP contribution is 2.21. The number of carbonyl (C=O) groups is 2. The molecule has 2 atom stereocenters. The Morgan fingerprint density at radius 1 is 1.03 bits per heavy atom. The van der Waals surface area contributed by atoms with E-state index in [0.29, 0.717) is 6.42 Å². The molecule has 1 aromatic rings. The van der Waals surface area contributed by atoms with Gasteiger partial charge in [0, 0.05) is 6.54 Å². The van der Waals surface area contributed by atoms with Gasteiger partial charge in [0.25, 0.3) is 10.1 Å². The summed E-state index contributed by atoms with van der Waals surface area (Å²) < 4.78 is 63.4. The van der Waals surface area contributed by atoms with Gasteiger partial charge < -0.3 is 19.3 Å². The van der Waals surface area contributed by atoms with Crippen LogP contribution in [0.3, 0.4) is 0 Å². The summed E-state index contributed by atoms with van der Waals surface area (Å²) in [6, 6.07) is 7.90. The van der Waals surface area contributed by atoms with Gasteiger partial charge in [-0.15, -0.1) is 0 Å². The van der Waals surface area contributed by atoms with Crippen molar-refractivity contribution in [3.8, 4) is 5.75 Å². The average Bonchev–Trinajstić information content (AvgIpc) is 2.72. The van der Waals surface area contributed by atoms with Gasteiger partial charge in [-0.25, -0.2) is 4.79 Å². The Kier molecular flexibility index (Phi) is 11.9. The third kappa shape index (κ3) is 13.9. The fraction of sp³-hybridized carbons (Fsp3) is 0.636. The van der Waals surface area contributed by atoms with Gasteiger partial charge in [0.05, 0.1) is 24.0 Å². The summed E-state index contributed by atoms with van der Waals surface area (Å²) in [6.45, 7) is 6.65. The summed E-state index contributed by atoms with van der Waals surface area (Å²) in [6.07, 6.45) is -0.914. The first-order chi connectivity index (χ1) is 16.1. The van der Waals surface area contributed by atoms with Crippen LogP contribution in [0.4, 0.5) is 4.79 Å². The predicted octanol–water partition coefficient (Wildman–Crippen LogP) is 2.77. The van der Waals surface area contributed by atoms with Gasteiger partial charge in [-0.2, -0.15) is 16.8 Å². The highest BCUT2D eigenvalue weighted by Gasteiger charge is 2.24. The van der Waals surface area contributed by atoms with E-state index < -0.39 is 61.2 Å². The summed E-state index contributed by atoms with van der Waals surface area (Å²) in [7, 11) is -7.91. The van der Waals surface area contributed by atoms with Crippen LogP contribution >= 0.6 is 0 Å². The molecule has 0 aliphatic carbocycles. The molecule has 0 spiro atoms. The highest BCUT2D eigenvalue weighted by atomic mass is 32.2. The largest absolute Gasteiger partial charge is 0.481 e. The van der Waals surface area contributed by atoms with Crippen LogP contribution in [0.1, 0.15) is 47.0 Å². The van der Waals surface area contributed by atoms with E-state index in [1.165, 1.54) is 19.1 Å². The molecular formula is C22H35NO10S2. The van der Waals surface area contributed by atoms with E-state index in [9.17, 15) is 26.4 Å². The number of aliphatic carboxylic acids is 1. The molecule has 0 saturated carbocycles.